The molecule has 2 aliphatic heterocycles. The molecule has 0 radical (unpaired) electrons. The maximum Gasteiger partial charge on any atom is 0.251 e. The number of fused-ring (bicyclic) bond motifs is 1. The van der Waals surface area contributed by atoms with E-state index in [1.54, 1.807) is 12.3 Å². The number of benzene rings is 2. The number of likely N-dealkylation sites (N-methyl/N-ethyl adjacent to an activating group) is 1. The minimum absolute atomic E-state index is 0.0481. The zero-order chi connectivity index (χ0) is 29.2. The first-order valence-corrected chi connectivity index (χ1v) is 14.3. The maximum atomic E-state index is 13.0. The highest BCUT2D eigenvalue weighted by Gasteiger charge is 2.27. The number of aryl methyl sites for hydroxylation is 1. The Morgan fingerprint density at radius 3 is 2.71 bits per heavy atom. The molecule has 2 N–H and O–H groups in total. The summed E-state index contributed by atoms with van der Waals surface area (Å²) in [7, 11) is 1.96. The van der Waals surface area contributed by atoms with Gasteiger partial charge < -0.3 is 29.2 Å². The van der Waals surface area contributed by atoms with Crippen molar-refractivity contribution in [3.63, 3.8) is 0 Å². The summed E-state index contributed by atoms with van der Waals surface area (Å²) in [5, 5.41) is 13.4. The Balaban J connectivity index is 1.24. The van der Waals surface area contributed by atoms with E-state index in [2.05, 4.69) is 20.0 Å². The Morgan fingerprint density at radius 2 is 1.95 bits per heavy atom. The number of amides is 1. The first-order chi connectivity index (χ1) is 20.4. The predicted molar refractivity (Wildman–Crippen MR) is 160 cm³/mol. The van der Waals surface area contributed by atoms with Gasteiger partial charge in [0.2, 0.25) is 5.69 Å². The smallest absolute Gasteiger partial charge is 0.251 e. The predicted octanol–water partition coefficient (Wildman–Crippen LogP) is 5.37. The lowest BCUT2D eigenvalue weighted by molar-refractivity contribution is 0.0259. The molecule has 0 spiro atoms. The molecule has 2 aliphatic rings. The van der Waals surface area contributed by atoms with Crippen LogP contribution in [0.1, 0.15) is 35.2 Å². The van der Waals surface area contributed by atoms with Gasteiger partial charge in [0, 0.05) is 48.3 Å². The second kappa shape index (κ2) is 11.9. The number of furan rings is 1. The summed E-state index contributed by atoms with van der Waals surface area (Å²) in [5.41, 5.74) is 5.73. The first kappa shape index (κ1) is 27.9. The van der Waals surface area contributed by atoms with Crippen molar-refractivity contribution < 1.29 is 23.8 Å². The number of nitrogens with one attached hydrogen (secondary N) is 1. The third kappa shape index (κ3) is 5.74. The summed E-state index contributed by atoms with van der Waals surface area (Å²) in [4.78, 5) is 23.3. The summed E-state index contributed by atoms with van der Waals surface area (Å²) in [5.74, 6) is 1.02. The molecule has 1 amide bonds. The lowest BCUT2D eigenvalue weighted by Crippen LogP contribution is -2.53. The molecule has 2 fully saturated rings. The van der Waals surface area contributed by atoms with Crippen LogP contribution >= 0.6 is 0 Å². The van der Waals surface area contributed by atoms with E-state index in [-0.39, 0.29) is 18.1 Å². The Hall–Kier alpha value is -4.23. The molecule has 2 aromatic carbocycles. The summed E-state index contributed by atoms with van der Waals surface area (Å²) in [6.07, 6.45) is 3.52. The van der Waals surface area contributed by atoms with Crippen molar-refractivity contribution in [2.24, 2.45) is 0 Å². The van der Waals surface area contributed by atoms with Gasteiger partial charge in [-0.2, -0.15) is 0 Å². The number of ether oxygens (including phenoxy) is 2. The summed E-state index contributed by atoms with van der Waals surface area (Å²) in [6, 6.07) is 14.6. The number of carbonyl (C=O) groups excluding carboxylic acids is 1. The number of aromatic nitrogens is 1. The Bertz CT molecular complexity index is 1650. The number of hydrogen-bond acceptors (Lipinski definition) is 7. The fourth-order valence-corrected chi connectivity index (χ4v) is 5.73. The monoisotopic (exact) mass is 566 g/mol. The summed E-state index contributed by atoms with van der Waals surface area (Å²) >= 11 is 0. The molecule has 2 unspecified atom stereocenters. The first-order valence-electron chi connectivity index (χ1n) is 14.3. The molecule has 2 saturated heterocycles. The van der Waals surface area contributed by atoms with Crippen LogP contribution < -0.4 is 10.1 Å². The van der Waals surface area contributed by atoms with Crippen molar-refractivity contribution in [1.29, 1.82) is 0 Å². The zero-order valence-electron chi connectivity index (χ0n) is 23.8. The van der Waals surface area contributed by atoms with Gasteiger partial charge in [-0.1, -0.05) is 12.1 Å². The molecule has 0 saturated carbocycles. The van der Waals surface area contributed by atoms with Crippen LogP contribution in [0.25, 0.3) is 38.4 Å². The highest BCUT2D eigenvalue weighted by molar-refractivity contribution is 5.96. The molecule has 9 nitrogen and oxygen atoms in total. The molecular formula is C33H34N4O5. The van der Waals surface area contributed by atoms with E-state index in [9.17, 15) is 9.90 Å². The van der Waals surface area contributed by atoms with Crippen molar-refractivity contribution in [2.75, 3.05) is 33.4 Å². The molecule has 4 aromatic rings. The lowest BCUT2D eigenvalue weighted by atomic mass is 10.00. The normalized spacial score (nSPS) is 19.9. The van der Waals surface area contributed by atoms with E-state index in [0.717, 1.165) is 41.6 Å². The van der Waals surface area contributed by atoms with Crippen LogP contribution in [0.5, 0.6) is 5.75 Å². The molecule has 0 bridgehead atoms. The molecule has 6 rings (SSSR count). The van der Waals surface area contributed by atoms with Crippen LogP contribution in [0.2, 0.25) is 0 Å². The van der Waals surface area contributed by atoms with Gasteiger partial charge >= 0.3 is 0 Å². The molecular weight excluding hydrogens is 532 g/mol. The van der Waals surface area contributed by atoms with Gasteiger partial charge in [0.25, 0.3) is 5.91 Å². The van der Waals surface area contributed by atoms with Crippen LogP contribution in [0.15, 0.2) is 59.1 Å². The Kier molecular flexibility index (Phi) is 7.94. The molecule has 2 atom stereocenters. The van der Waals surface area contributed by atoms with E-state index >= 15 is 0 Å². The van der Waals surface area contributed by atoms with Crippen molar-refractivity contribution in [3.05, 3.63) is 77.3 Å². The van der Waals surface area contributed by atoms with E-state index < -0.39 is 6.10 Å². The minimum atomic E-state index is -0.591. The standard InChI is InChI=1S/C33H34N4O5/c1-20-16-22(33(39)36-26-9-13-37(3)19-29(26)38)4-6-24(20)31-18-28-32(42-31)25(8-12-35-28)21-5-7-30(27(17-21)34-2)41-23-10-14-40-15-11-23/h4-8,12,16-18,23,26,29,38H,9-11,13-15,19H2,1,3H3,(H,36,39). The van der Waals surface area contributed by atoms with Gasteiger partial charge in [0.1, 0.15) is 23.1 Å². The van der Waals surface area contributed by atoms with Gasteiger partial charge in [-0.25, -0.2) is 4.85 Å². The number of hydrogen-bond donors (Lipinski definition) is 2. The van der Waals surface area contributed by atoms with Gasteiger partial charge in [-0.15, -0.1) is 0 Å². The fraction of sp³-hybridized carbons (Fsp3) is 0.364. The Morgan fingerprint density at radius 1 is 1.12 bits per heavy atom. The number of rotatable bonds is 6. The number of nitrogens with zero attached hydrogens (tertiary/aromatic N) is 3. The van der Waals surface area contributed by atoms with Crippen LogP contribution in [0.3, 0.4) is 0 Å². The second-order valence-corrected chi connectivity index (χ2v) is 11.1. The highest BCUT2D eigenvalue weighted by atomic mass is 16.5. The molecule has 4 heterocycles. The maximum absolute atomic E-state index is 13.0. The third-order valence-corrected chi connectivity index (χ3v) is 8.12. The van der Waals surface area contributed by atoms with Crippen LogP contribution in [-0.4, -0.2) is 72.5 Å². The van der Waals surface area contributed by atoms with Gasteiger partial charge in [-0.3, -0.25) is 9.78 Å². The van der Waals surface area contributed by atoms with Gasteiger partial charge in [-0.05, 0) is 68.4 Å². The van der Waals surface area contributed by atoms with Crippen molar-refractivity contribution in [1.82, 2.24) is 15.2 Å². The number of carbonyl (C=O) groups is 1. The third-order valence-electron chi connectivity index (χ3n) is 8.12. The Labute approximate surface area is 244 Å². The van der Waals surface area contributed by atoms with Crippen molar-refractivity contribution in [3.8, 4) is 28.2 Å². The van der Waals surface area contributed by atoms with Gasteiger partial charge in [0.05, 0.1) is 31.9 Å². The second-order valence-electron chi connectivity index (χ2n) is 11.1. The number of aliphatic hydroxyl groups is 1. The van der Waals surface area contributed by atoms with Gasteiger partial charge in [0.15, 0.2) is 5.58 Å². The van der Waals surface area contributed by atoms with Crippen LogP contribution in [0, 0.1) is 13.5 Å². The molecule has 9 heteroatoms. The number of β-amino-alcohol motifs (C(OH)–C–C–N with tert-alkyl or cyclic N) is 1. The SMILES string of the molecule is [C-]#[N+]c1cc(-c2ccnc3cc(-c4ccc(C(=O)NC5CCN(C)CC5O)cc4C)oc23)ccc1OC1CCOCC1. The van der Waals surface area contributed by atoms with Crippen molar-refractivity contribution >= 4 is 22.7 Å². The van der Waals surface area contributed by atoms with Crippen LogP contribution in [0.4, 0.5) is 5.69 Å². The molecule has 0 aliphatic carbocycles. The topological polar surface area (TPSA) is 101 Å². The van der Waals surface area contributed by atoms with Crippen LogP contribution in [-0.2, 0) is 4.74 Å². The quantitative estimate of drug-likeness (QED) is 0.303. The number of aliphatic hydroxyl groups excluding tert-OH is 1. The zero-order valence-corrected chi connectivity index (χ0v) is 23.8. The minimum Gasteiger partial charge on any atom is -0.501 e. The number of likely N-dealkylation sites (tertiary alicyclic amines) is 1. The molecule has 2 aromatic heterocycles. The molecule has 216 valence electrons. The number of pyridine rings is 1. The largest absolute Gasteiger partial charge is 0.501 e. The summed E-state index contributed by atoms with van der Waals surface area (Å²) in [6.45, 7) is 12.4. The molecule has 42 heavy (non-hydrogen) atoms. The summed E-state index contributed by atoms with van der Waals surface area (Å²) < 4.78 is 17.9. The highest BCUT2D eigenvalue weighted by Crippen LogP contribution is 2.39. The number of piperidine rings is 1. The van der Waals surface area contributed by atoms with E-state index in [0.29, 0.717) is 60.0 Å². The average molecular weight is 567 g/mol. The van der Waals surface area contributed by atoms with E-state index in [4.69, 9.17) is 20.5 Å². The van der Waals surface area contributed by atoms with E-state index in [1.165, 1.54) is 0 Å². The average Bonchev–Trinajstić information content (AvgIpc) is 3.43. The fourth-order valence-electron chi connectivity index (χ4n) is 5.73. The lowest BCUT2D eigenvalue weighted by Gasteiger charge is -2.34. The van der Waals surface area contributed by atoms with Crippen molar-refractivity contribution in [2.45, 2.75) is 44.4 Å². The van der Waals surface area contributed by atoms with E-state index in [1.807, 2.05) is 56.4 Å².